The monoisotopic (exact) mass is 406 g/mol. The quantitative estimate of drug-likeness (QED) is 0.437. The summed E-state index contributed by atoms with van der Waals surface area (Å²) in [7, 11) is 0. The summed E-state index contributed by atoms with van der Waals surface area (Å²) >= 11 is 12.2. The number of anilines is 1. The van der Waals surface area contributed by atoms with Gasteiger partial charge in [-0.15, -0.1) is 0 Å². The smallest absolute Gasteiger partial charge is 0.209 e. The Morgan fingerprint density at radius 3 is 2.33 bits per heavy atom. The van der Waals surface area contributed by atoms with Crippen LogP contribution in [0.5, 0.6) is 5.75 Å². The highest BCUT2D eigenvalue weighted by Gasteiger charge is 2.21. The van der Waals surface area contributed by atoms with Crippen LogP contribution in [0.1, 0.15) is 11.7 Å². The standard InChI is InChI=1S/C19H20Cl2N4O2/c20-13-1-6-16(17(21)11-13)18(19(22)23)27-15-4-2-14(3-5-15)25-9-7-24(12-26)8-10-25/h1-6,11-12,18H,7-10H2,(H3,22,23). The number of amidine groups is 1. The fourth-order valence-electron chi connectivity index (χ4n) is 2.97. The summed E-state index contributed by atoms with van der Waals surface area (Å²) in [4.78, 5) is 14.8. The molecule has 1 saturated heterocycles. The van der Waals surface area contributed by atoms with Crippen LogP contribution in [0.15, 0.2) is 42.5 Å². The van der Waals surface area contributed by atoms with Crippen LogP contribution in [0.2, 0.25) is 10.0 Å². The third kappa shape index (κ3) is 4.64. The minimum Gasteiger partial charge on any atom is -0.478 e. The van der Waals surface area contributed by atoms with Gasteiger partial charge in [0.1, 0.15) is 11.6 Å². The number of benzene rings is 2. The maximum absolute atomic E-state index is 10.8. The SMILES string of the molecule is N=C(N)C(Oc1ccc(N2CCN(C=O)CC2)cc1)c1ccc(Cl)cc1Cl. The van der Waals surface area contributed by atoms with Gasteiger partial charge in [0.2, 0.25) is 6.41 Å². The summed E-state index contributed by atoms with van der Waals surface area (Å²) in [6.07, 6.45) is 0.0923. The second-order valence-electron chi connectivity index (χ2n) is 6.24. The molecule has 0 aromatic heterocycles. The summed E-state index contributed by atoms with van der Waals surface area (Å²) in [6, 6.07) is 12.6. The number of nitrogens with two attached hydrogens (primary N) is 1. The highest BCUT2D eigenvalue weighted by Crippen LogP contribution is 2.30. The largest absolute Gasteiger partial charge is 0.478 e. The normalized spacial score (nSPS) is 15.3. The zero-order valence-corrected chi connectivity index (χ0v) is 16.1. The molecule has 0 saturated carbocycles. The van der Waals surface area contributed by atoms with E-state index in [0.717, 1.165) is 25.2 Å². The molecule has 3 rings (SSSR count). The first kappa shape index (κ1) is 19.3. The third-order valence-corrected chi connectivity index (χ3v) is 5.01. The molecule has 8 heteroatoms. The van der Waals surface area contributed by atoms with Gasteiger partial charge in [-0.3, -0.25) is 10.2 Å². The third-order valence-electron chi connectivity index (χ3n) is 4.45. The van der Waals surface area contributed by atoms with E-state index < -0.39 is 6.10 Å². The van der Waals surface area contributed by atoms with Gasteiger partial charge in [-0.25, -0.2) is 0 Å². The first-order valence-electron chi connectivity index (χ1n) is 8.48. The lowest BCUT2D eigenvalue weighted by Gasteiger charge is -2.34. The topological polar surface area (TPSA) is 82.7 Å². The summed E-state index contributed by atoms with van der Waals surface area (Å²) in [5.74, 6) is 0.435. The minimum atomic E-state index is -0.795. The number of carbonyl (C=O) groups excluding carboxylic acids is 1. The van der Waals surface area contributed by atoms with Crippen molar-refractivity contribution in [3.63, 3.8) is 0 Å². The Bertz CT molecular complexity index is 821. The van der Waals surface area contributed by atoms with Gasteiger partial charge < -0.3 is 20.3 Å². The van der Waals surface area contributed by atoms with Crippen molar-refractivity contribution >= 4 is 41.1 Å². The number of nitrogens with zero attached hydrogens (tertiary/aromatic N) is 2. The lowest BCUT2D eigenvalue weighted by molar-refractivity contribution is -0.118. The molecule has 1 fully saturated rings. The average molecular weight is 407 g/mol. The van der Waals surface area contributed by atoms with E-state index in [4.69, 9.17) is 39.1 Å². The van der Waals surface area contributed by atoms with E-state index in [0.29, 0.717) is 34.4 Å². The van der Waals surface area contributed by atoms with E-state index in [2.05, 4.69) is 4.90 Å². The predicted molar refractivity (Wildman–Crippen MR) is 108 cm³/mol. The molecule has 0 radical (unpaired) electrons. The molecule has 1 aliphatic rings. The molecule has 1 heterocycles. The molecule has 1 amide bonds. The van der Waals surface area contributed by atoms with E-state index in [9.17, 15) is 4.79 Å². The first-order chi connectivity index (χ1) is 13.0. The summed E-state index contributed by atoms with van der Waals surface area (Å²) in [6.45, 7) is 3.00. The maximum atomic E-state index is 10.8. The summed E-state index contributed by atoms with van der Waals surface area (Å²) in [5.41, 5.74) is 7.36. The van der Waals surface area contributed by atoms with Crippen molar-refractivity contribution < 1.29 is 9.53 Å². The fraction of sp³-hybridized carbons (Fsp3) is 0.263. The summed E-state index contributed by atoms with van der Waals surface area (Å²) in [5, 5.41) is 8.75. The Morgan fingerprint density at radius 1 is 1.11 bits per heavy atom. The van der Waals surface area contributed by atoms with E-state index in [1.807, 2.05) is 24.3 Å². The van der Waals surface area contributed by atoms with Crippen molar-refractivity contribution in [2.24, 2.45) is 5.73 Å². The van der Waals surface area contributed by atoms with Crippen LogP contribution in [-0.2, 0) is 4.79 Å². The Labute approximate surface area is 167 Å². The molecule has 2 aromatic carbocycles. The van der Waals surface area contributed by atoms with Crippen molar-refractivity contribution in [3.05, 3.63) is 58.1 Å². The van der Waals surface area contributed by atoms with Crippen molar-refractivity contribution in [1.82, 2.24) is 4.90 Å². The van der Waals surface area contributed by atoms with Gasteiger partial charge in [0.25, 0.3) is 0 Å². The molecule has 1 unspecified atom stereocenters. The molecule has 0 spiro atoms. The van der Waals surface area contributed by atoms with E-state index in [1.165, 1.54) is 0 Å². The van der Waals surface area contributed by atoms with Gasteiger partial charge in [-0.1, -0.05) is 29.3 Å². The molecule has 27 heavy (non-hydrogen) atoms. The van der Waals surface area contributed by atoms with Gasteiger partial charge in [0.15, 0.2) is 6.10 Å². The van der Waals surface area contributed by atoms with Gasteiger partial charge >= 0.3 is 0 Å². The zero-order chi connectivity index (χ0) is 19.4. The van der Waals surface area contributed by atoms with Crippen LogP contribution in [-0.4, -0.2) is 43.3 Å². The van der Waals surface area contributed by atoms with Gasteiger partial charge in [-0.05, 0) is 36.4 Å². The van der Waals surface area contributed by atoms with Crippen LogP contribution in [0.4, 0.5) is 5.69 Å². The lowest BCUT2D eigenvalue weighted by Crippen LogP contribution is -2.45. The molecule has 2 aromatic rings. The number of halogens is 2. The molecule has 3 N–H and O–H groups in total. The molecule has 0 aliphatic carbocycles. The van der Waals surface area contributed by atoms with Crippen molar-refractivity contribution in [2.45, 2.75) is 6.10 Å². The van der Waals surface area contributed by atoms with Crippen LogP contribution in [0.3, 0.4) is 0 Å². The van der Waals surface area contributed by atoms with Crippen molar-refractivity contribution in [1.29, 1.82) is 5.41 Å². The average Bonchev–Trinajstić information content (AvgIpc) is 2.67. The number of piperazine rings is 1. The van der Waals surface area contributed by atoms with E-state index in [1.54, 1.807) is 23.1 Å². The predicted octanol–water partition coefficient (Wildman–Crippen LogP) is 3.33. The number of hydrogen-bond acceptors (Lipinski definition) is 4. The first-order valence-corrected chi connectivity index (χ1v) is 9.23. The highest BCUT2D eigenvalue weighted by atomic mass is 35.5. The molecular weight excluding hydrogens is 387 g/mol. The maximum Gasteiger partial charge on any atom is 0.209 e. The van der Waals surface area contributed by atoms with Crippen molar-refractivity contribution in [2.75, 3.05) is 31.1 Å². The summed E-state index contributed by atoms with van der Waals surface area (Å²) < 4.78 is 5.91. The number of hydrogen-bond donors (Lipinski definition) is 2. The molecule has 142 valence electrons. The van der Waals surface area contributed by atoms with Crippen LogP contribution >= 0.6 is 23.2 Å². The number of rotatable bonds is 6. The van der Waals surface area contributed by atoms with E-state index in [-0.39, 0.29) is 5.84 Å². The minimum absolute atomic E-state index is 0.145. The Kier molecular flexibility index (Phi) is 6.08. The molecule has 0 bridgehead atoms. The van der Waals surface area contributed by atoms with Gasteiger partial charge in [0, 0.05) is 47.5 Å². The molecule has 1 aliphatic heterocycles. The number of ether oxygens (including phenoxy) is 1. The Balaban J connectivity index is 1.72. The Morgan fingerprint density at radius 2 is 1.78 bits per heavy atom. The number of nitrogens with one attached hydrogen (secondary N) is 1. The zero-order valence-electron chi connectivity index (χ0n) is 14.6. The van der Waals surface area contributed by atoms with Crippen LogP contribution in [0, 0.1) is 5.41 Å². The molecule has 6 nitrogen and oxygen atoms in total. The lowest BCUT2D eigenvalue weighted by atomic mass is 10.1. The van der Waals surface area contributed by atoms with E-state index >= 15 is 0 Å². The second-order valence-corrected chi connectivity index (χ2v) is 7.09. The van der Waals surface area contributed by atoms with Crippen LogP contribution < -0.4 is 15.4 Å². The number of carbonyl (C=O) groups is 1. The number of amides is 1. The van der Waals surface area contributed by atoms with Gasteiger partial charge in [-0.2, -0.15) is 0 Å². The van der Waals surface area contributed by atoms with Crippen LogP contribution in [0.25, 0.3) is 0 Å². The highest BCUT2D eigenvalue weighted by molar-refractivity contribution is 6.35. The Hall–Kier alpha value is -2.44. The van der Waals surface area contributed by atoms with Gasteiger partial charge in [0.05, 0.1) is 0 Å². The molecule has 1 atom stereocenters. The second kappa shape index (κ2) is 8.50. The van der Waals surface area contributed by atoms with Crippen molar-refractivity contribution in [3.8, 4) is 5.75 Å². The fourth-order valence-corrected chi connectivity index (χ4v) is 3.47. The molecular formula is C19H20Cl2N4O2.